The number of pyridine rings is 1. The minimum absolute atomic E-state index is 0. The van der Waals surface area contributed by atoms with Crippen LogP contribution in [0.3, 0.4) is 0 Å². The number of aromatic nitrogens is 1. The molecule has 2 N–H and O–H groups in total. The first-order chi connectivity index (χ1) is 13.7. The highest BCUT2D eigenvalue weighted by atomic mass is 127. The van der Waals surface area contributed by atoms with Crippen molar-refractivity contribution < 1.29 is 0 Å². The van der Waals surface area contributed by atoms with Gasteiger partial charge in [0.25, 0.3) is 0 Å². The summed E-state index contributed by atoms with van der Waals surface area (Å²) in [5.74, 6) is 0.977. The molecule has 0 amide bonds. The zero-order chi connectivity index (χ0) is 19.6. The third-order valence-electron chi connectivity index (χ3n) is 6.06. The Balaban J connectivity index is 0.00000300. The molecule has 0 aromatic carbocycles. The van der Waals surface area contributed by atoms with E-state index >= 15 is 0 Å². The molecule has 1 saturated heterocycles. The van der Waals surface area contributed by atoms with E-state index < -0.39 is 0 Å². The SMILES string of the molecule is CCNC(=NCCN(C)C1CCCC1)NC1CCN(Cc2ccccn2)CC1.I. The van der Waals surface area contributed by atoms with Crippen LogP contribution in [0.4, 0.5) is 0 Å². The van der Waals surface area contributed by atoms with Gasteiger partial charge in [0.2, 0.25) is 0 Å². The predicted molar refractivity (Wildman–Crippen MR) is 132 cm³/mol. The maximum absolute atomic E-state index is 4.83. The number of rotatable bonds is 8. The van der Waals surface area contributed by atoms with Crippen LogP contribution in [0.5, 0.6) is 0 Å². The van der Waals surface area contributed by atoms with E-state index in [4.69, 9.17) is 4.99 Å². The molecule has 29 heavy (non-hydrogen) atoms. The first-order valence-corrected chi connectivity index (χ1v) is 11.1. The summed E-state index contributed by atoms with van der Waals surface area (Å²) in [5.41, 5.74) is 1.16. The van der Waals surface area contributed by atoms with Gasteiger partial charge in [-0.25, -0.2) is 0 Å². The second kappa shape index (κ2) is 13.4. The van der Waals surface area contributed by atoms with Gasteiger partial charge in [0, 0.05) is 51.0 Å². The number of hydrogen-bond acceptors (Lipinski definition) is 4. The number of guanidine groups is 1. The Morgan fingerprint density at radius 3 is 2.62 bits per heavy atom. The summed E-state index contributed by atoms with van der Waals surface area (Å²) in [5, 5.41) is 7.08. The molecule has 2 fully saturated rings. The topological polar surface area (TPSA) is 55.8 Å². The molecule has 2 aliphatic rings. The van der Waals surface area contributed by atoms with Crippen LogP contribution < -0.4 is 10.6 Å². The summed E-state index contributed by atoms with van der Waals surface area (Å²) in [6.07, 6.45) is 9.68. The van der Waals surface area contributed by atoms with Gasteiger partial charge in [-0.1, -0.05) is 18.9 Å². The Morgan fingerprint density at radius 1 is 1.21 bits per heavy atom. The minimum atomic E-state index is 0. The molecule has 0 unspecified atom stereocenters. The van der Waals surface area contributed by atoms with Gasteiger partial charge in [0.05, 0.1) is 12.2 Å². The number of hydrogen-bond donors (Lipinski definition) is 2. The molecule has 3 rings (SSSR count). The van der Waals surface area contributed by atoms with Crippen molar-refractivity contribution in [2.45, 2.75) is 64.1 Å². The number of aliphatic imine (C=N–C) groups is 1. The number of halogens is 1. The van der Waals surface area contributed by atoms with Crippen molar-refractivity contribution in [1.82, 2.24) is 25.4 Å². The van der Waals surface area contributed by atoms with E-state index in [1.54, 1.807) is 0 Å². The lowest BCUT2D eigenvalue weighted by atomic mass is 10.0. The van der Waals surface area contributed by atoms with E-state index in [1.165, 1.54) is 25.7 Å². The van der Waals surface area contributed by atoms with E-state index in [2.05, 4.69) is 51.5 Å². The van der Waals surface area contributed by atoms with Crippen molar-refractivity contribution in [3.05, 3.63) is 30.1 Å². The van der Waals surface area contributed by atoms with Crippen molar-refractivity contribution in [3.63, 3.8) is 0 Å². The number of likely N-dealkylation sites (tertiary alicyclic amines) is 1. The third-order valence-corrected chi connectivity index (χ3v) is 6.06. The number of nitrogens with zero attached hydrogens (tertiary/aromatic N) is 4. The van der Waals surface area contributed by atoms with E-state index in [-0.39, 0.29) is 24.0 Å². The molecule has 0 atom stereocenters. The van der Waals surface area contributed by atoms with Gasteiger partial charge in [-0.3, -0.25) is 14.9 Å². The van der Waals surface area contributed by atoms with Crippen molar-refractivity contribution in [2.24, 2.45) is 4.99 Å². The fourth-order valence-electron chi connectivity index (χ4n) is 4.32. The van der Waals surface area contributed by atoms with Crippen LogP contribution in [0.25, 0.3) is 0 Å². The van der Waals surface area contributed by atoms with E-state index in [0.717, 1.165) is 69.8 Å². The van der Waals surface area contributed by atoms with E-state index in [9.17, 15) is 0 Å². The van der Waals surface area contributed by atoms with Gasteiger partial charge in [-0.05, 0) is 51.8 Å². The zero-order valence-corrected chi connectivity index (χ0v) is 20.5. The highest BCUT2D eigenvalue weighted by molar-refractivity contribution is 14.0. The fourth-order valence-corrected chi connectivity index (χ4v) is 4.32. The van der Waals surface area contributed by atoms with Crippen LogP contribution in [0, 0.1) is 0 Å². The third kappa shape index (κ3) is 8.38. The van der Waals surface area contributed by atoms with Crippen LogP contribution >= 0.6 is 24.0 Å². The molecule has 0 radical (unpaired) electrons. The van der Waals surface area contributed by atoms with E-state index in [0.29, 0.717) is 6.04 Å². The molecular weight excluding hydrogens is 475 g/mol. The molecule has 1 aliphatic carbocycles. The predicted octanol–water partition coefficient (Wildman–Crippen LogP) is 3.09. The summed E-state index contributed by atoms with van der Waals surface area (Å²) in [6, 6.07) is 7.44. The number of likely N-dealkylation sites (N-methyl/N-ethyl adjacent to an activating group) is 1. The Morgan fingerprint density at radius 2 is 1.97 bits per heavy atom. The second-order valence-corrected chi connectivity index (χ2v) is 8.20. The standard InChI is InChI=1S/C22H38N6.HI/c1-3-23-22(25-14-17-27(2)21-9-4-5-10-21)26-19-11-15-28(16-12-19)18-20-8-6-7-13-24-20;/h6-8,13,19,21H,3-5,9-12,14-18H2,1-2H3,(H2,23,25,26);1H. The Bertz CT molecular complexity index is 582. The summed E-state index contributed by atoms with van der Waals surface area (Å²) in [4.78, 5) is 14.3. The first kappa shape index (κ1) is 24.3. The maximum atomic E-state index is 4.83. The smallest absolute Gasteiger partial charge is 0.191 e. The van der Waals surface area contributed by atoms with Crippen LogP contribution in [0.15, 0.2) is 29.4 Å². The van der Waals surface area contributed by atoms with Crippen molar-refractivity contribution in [3.8, 4) is 0 Å². The lowest BCUT2D eigenvalue weighted by Crippen LogP contribution is -2.48. The molecule has 1 aliphatic heterocycles. The normalized spacial score (nSPS) is 19.3. The van der Waals surface area contributed by atoms with Gasteiger partial charge in [0.15, 0.2) is 5.96 Å². The molecule has 0 spiro atoms. The second-order valence-electron chi connectivity index (χ2n) is 8.20. The summed E-state index contributed by atoms with van der Waals surface area (Å²) in [7, 11) is 2.25. The van der Waals surface area contributed by atoms with Crippen LogP contribution in [0.2, 0.25) is 0 Å². The van der Waals surface area contributed by atoms with Crippen molar-refractivity contribution in [2.75, 3.05) is 39.8 Å². The van der Waals surface area contributed by atoms with Crippen LogP contribution in [-0.4, -0.2) is 72.6 Å². The molecule has 1 aromatic rings. The lowest BCUT2D eigenvalue weighted by Gasteiger charge is -2.33. The van der Waals surface area contributed by atoms with Crippen LogP contribution in [0.1, 0.15) is 51.1 Å². The van der Waals surface area contributed by atoms with Gasteiger partial charge in [-0.15, -0.1) is 24.0 Å². The largest absolute Gasteiger partial charge is 0.357 e. The Kier molecular flexibility index (Phi) is 11.2. The first-order valence-electron chi connectivity index (χ1n) is 11.1. The van der Waals surface area contributed by atoms with Gasteiger partial charge < -0.3 is 15.5 Å². The molecule has 164 valence electrons. The molecular formula is C22H39IN6. The Hall–Kier alpha value is -0.930. The number of nitrogens with one attached hydrogen (secondary N) is 2. The van der Waals surface area contributed by atoms with Gasteiger partial charge in [-0.2, -0.15) is 0 Å². The molecule has 1 saturated carbocycles. The lowest BCUT2D eigenvalue weighted by molar-refractivity contribution is 0.196. The summed E-state index contributed by atoms with van der Waals surface area (Å²) < 4.78 is 0. The highest BCUT2D eigenvalue weighted by Gasteiger charge is 2.21. The Labute approximate surface area is 194 Å². The molecule has 7 heteroatoms. The zero-order valence-electron chi connectivity index (χ0n) is 18.1. The molecule has 2 heterocycles. The quantitative estimate of drug-likeness (QED) is 0.317. The molecule has 0 bridgehead atoms. The maximum Gasteiger partial charge on any atom is 0.191 e. The van der Waals surface area contributed by atoms with Gasteiger partial charge >= 0.3 is 0 Å². The number of piperidine rings is 1. The average Bonchev–Trinajstić information content (AvgIpc) is 3.25. The van der Waals surface area contributed by atoms with Gasteiger partial charge in [0.1, 0.15) is 0 Å². The van der Waals surface area contributed by atoms with E-state index in [1.807, 2.05) is 12.3 Å². The average molecular weight is 515 g/mol. The minimum Gasteiger partial charge on any atom is -0.357 e. The van der Waals surface area contributed by atoms with Crippen LogP contribution in [-0.2, 0) is 6.54 Å². The summed E-state index contributed by atoms with van der Waals surface area (Å²) >= 11 is 0. The molecule has 1 aromatic heterocycles. The summed E-state index contributed by atoms with van der Waals surface area (Å²) in [6.45, 7) is 8.12. The van der Waals surface area contributed by atoms with Crippen molar-refractivity contribution in [1.29, 1.82) is 0 Å². The molecule has 6 nitrogen and oxygen atoms in total. The fraction of sp³-hybridized carbons (Fsp3) is 0.727. The van der Waals surface area contributed by atoms with Crippen molar-refractivity contribution >= 4 is 29.9 Å². The highest BCUT2D eigenvalue weighted by Crippen LogP contribution is 2.21. The monoisotopic (exact) mass is 514 g/mol.